The Kier molecular flexibility index (Phi) is 3.69. The van der Waals surface area contributed by atoms with Crippen molar-refractivity contribution in [1.82, 2.24) is 10.9 Å². The first kappa shape index (κ1) is 11.7. The number of halogens is 1. The second-order valence-electron chi connectivity index (χ2n) is 3.52. The molecule has 84 valence electrons. The van der Waals surface area contributed by atoms with Crippen LogP contribution in [0, 0.1) is 10.7 Å². The highest BCUT2D eigenvalue weighted by atomic mass is 35.5. The predicted octanol–water partition coefficient (Wildman–Crippen LogP) is 1.36. The molecule has 1 aliphatic heterocycles. The van der Waals surface area contributed by atoms with Crippen LogP contribution in [0.25, 0.3) is 0 Å². The highest BCUT2D eigenvalue weighted by Gasteiger charge is 2.35. The first-order valence-corrected chi connectivity index (χ1v) is 6.05. The number of thiocyanates is 1. The van der Waals surface area contributed by atoms with E-state index in [1.807, 2.05) is 24.3 Å². The molecule has 0 bridgehead atoms. The van der Waals surface area contributed by atoms with Crippen LogP contribution in [-0.4, -0.2) is 11.4 Å². The molecule has 16 heavy (non-hydrogen) atoms. The summed E-state index contributed by atoms with van der Waals surface area (Å²) in [5, 5.41) is 11.5. The van der Waals surface area contributed by atoms with E-state index in [-0.39, 0.29) is 17.5 Å². The van der Waals surface area contributed by atoms with E-state index >= 15 is 0 Å². The van der Waals surface area contributed by atoms with Crippen molar-refractivity contribution in [3.8, 4) is 5.40 Å². The summed E-state index contributed by atoms with van der Waals surface area (Å²) in [7, 11) is 0. The van der Waals surface area contributed by atoms with Gasteiger partial charge < -0.3 is 5.73 Å². The van der Waals surface area contributed by atoms with Crippen molar-refractivity contribution < 1.29 is 0 Å². The van der Waals surface area contributed by atoms with E-state index in [9.17, 15) is 0 Å². The zero-order valence-corrected chi connectivity index (χ0v) is 9.92. The summed E-state index contributed by atoms with van der Waals surface area (Å²) in [5.74, 6) is 0. The second-order valence-corrected chi connectivity index (χ2v) is 4.92. The maximum atomic E-state index is 8.73. The van der Waals surface area contributed by atoms with Gasteiger partial charge in [0.2, 0.25) is 0 Å². The van der Waals surface area contributed by atoms with Gasteiger partial charge in [0.05, 0.1) is 17.5 Å². The monoisotopic (exact) mass is 254 g/mol. The summed E-state index contributed by atoms with van der Waals surface area (Å²) in [6, 6.07) is 7.56. The summed E-state index contributed by atoms with van der Waals surface area (Å²) in [6.45, 7) is 0. The van der Waals surface area contributed by atoms with E-state index in [0.29, 0.717) is 5.02 Å². The summed E-state index contributed by atoms with van der Waals surface area (Å²) in [5.41, 5.74) is 12.9. The molecule has 1 aromatic carbocycles. The molecule has 3 atom stereocenters. The van der Waals surface area contributed by atoms with Crippen LogP contribution in [0.2, 0.25) is 5.02 Å². The zero-order valence-electron chi connectivity index (χ0n) is 8.35. The fraction of sp³-hybridized carbons (Fsp3) is 0.300. The minimum absolute atomic E-state index is 0.00817. The first-order valence-electron chi connectivity index (χ1n) is 4.79. The van der Waals surface area contributed by atoms with Crippen molar-refractivity contribution >= 4 is 23.4 Å². The Morgan fingerprint density at radius 1 is 1.31 bits per heavy atom. The quantitative estimate of drug-likeness (QED) is 0.695. The topological polar surface area (TPSA) is 73.9 Å². The van der Waals surface area contributed by atoms with Crippen molar-refractivity contribution in [1.29, 1.82) is 5.26 Å². The van der Waals surface area contributed by atoms with Crippen LogP contribution in [-0.2, 0) is 0 Å². The Labute approximate surface area is 103 Å². The number of nitrogens with two attached hydrogens (primary N) is 1. The standard InChI is InChI=1S/C10H11ClN4S/c11-7-3-1-6(2-4-7)8-9(16-5-12)10(13)15-14-8/h1-4,8-10,14-15H,13H2. The van der Waals surface area contributed by atoms with Gasteiger partial charge in [-0.25, -0.2) is 10.9 Å². The van der Waals surface area contributed by atoms with Crippen molar-refractivity contribution in [3.63, 3.8) is 0 Å². The van der Waals surface area contributed by atoms with Crippen molar-refractivity contribution in [2.24, 2.45) is 5.73 Å². The van der Waals surface area contributed by atoms with Crippen LogP contribution in [0.4, 0.5) is 0 Å². The minimum Gasteiger partial charge on any atom is -0.314 e. The molecule has 0 radical (unpaired) electrons. The molecule has 1 heterocycles. The maximum Gasteiger partial charge on any atom is 0.133 e. The fourth-order valence-corrected chi connectivity index (χ4v) is 2.53. The molecule has 0 spiro atoms. The third-order valence-electron chi connectivity index (χ3n) is 2.51. The number of nitriles is 1. The highest BCUT2D eigenvalue weighted by Crippen LogP contribution is 2.30. The normalized spacial score (nSPS) is 28.9. The zero-order chi connectivity index (χ0) is 11.5. The highest BCUT2D eigenvalue weighted by molar-refractivity contribution is 8.04. The van der Waals surface area contributed by atoms with Crippen LogP contribution in [0.5, 0.6) is 0 Å². The van der Waals surface area contributed by atoms with Crippen molar-refractivity contribution in [3.05, 3.63) is 34.9 Å². The predicted molar refractivity (Wildman–Crippen MR) is 65.4 cm³/mol. The van der Waals surface area contributed by atoms with Gasteiger partial charge in [0.25, 0.3) is 0 Å². The largest absolute Gasteiger partial charge is 0.314 e. The van der Waals surface area contributed by atoms with E-state index in [0.717, 1.165) is 5.56 Å². The Morgan fingerprint density at radius 3 is 2.62 bits per heavy atom. The van der Waals surface area contributed by atoms with E-state index in [1.54, 1.807) is 0 Å². The van der Waals surface area contributed by atoms with Gasteiger partial charge in [-0.3, -0.25) is 0 Å². The Bertz CT molecular complexity index is 402. The van der Waals surface area contributed by atoms with Gasteiger partial charge in [0.1, 0.15) is 5.40 Å². The van der Waals surface area contributed by atoms with E-state index < -0.39 is 0 Å². The molecule has 2 rings (SSSR count). The van der Waals surface area contributed by atoms with Crippen molar-refractivity contribution in [2.45, 2.75) is 17.5 Å². The molecular weight excluding hydrogens is 244 g/mol. The molecule has 0 aromatic heterocycles. The fourth-order valence-electron chi connectivity index (χ4n) is 1.70. The van der Waals surface area contributed by atoms with Crippen LogP contribution in [0.3, 0.4) is 0 Å². The van der Waals surface area contributed by atoms with Gasteiger partial charge in [-0.1, -0.05) is 23.7 Å². The molecule has 4 nitrogen and oxygen atoms in total. The Balaban J connectivity index is 2.20. The smallest absolute Gasteiger partial charge is 0.133 e. The lowest BCUT2D eigenvalue weighted by Gasteiger charge is -2.17. The Morgan fingerprint density at radius 2 is 2.00 bits per heavy atom. The summed E-state index contributed by atoms with van der Waals surface area (Å²) in [6.07, 6.45) is -0.231. The van der Waals surface area contributed by atoms with Gasteiger partial charge in [0, 0.05) is 5.02 Å². The van der Waals surface area contributed by atoms with Crippen LogP contribution >= 0.6 is 23.4 Å². The molecule has 4 N–H and O–H groups in total. The number of thioether (sulfide) groups is 1. The van der Waals surface area contributed by atoms with Gasteiger partial charge in [0.15, 0.2) is 0 Å². The van der Waals surface area contributed by atoms with Crippen LogP contribution in [0.1, 0.15) is 11.6 Å². The first-order chi connectivity index (χ1) is 7.72. The Hall–Kier alpha value is -0.770. The molecule has 1 fully saturated rings. The van der Waals surface area contributed by atoms with Gasteiger partial charge >= 0.3 is 0 Å². The lowest BCUT2D eigenvalue weighted by atomic mass is 10.0. The number of hydrogen-bond donors (Lipinski definition) is 3. The second kappa shape index (κ2) is 5.04. The third-order valence-corrected chi connectivity index (χ3v) is 3.70. The molecule has 1 aliphatic rings. The number of hydrogen-bond acceptors (Lipinski definition) is 5. The molecule has 3 unspecified atom stereocenters. The van der Waals surface area contributed by atoms with E-state index in [4.69, 9.17) is 22.6 Å². The molecule has 0 aliphatic carbocycles. The van der Waals surface area contributed by atoms with Crippen LogP contribution in [0.15, 0.2) is 24.3 Å². The number of hydrazine groups is 1. The number of nitrogens with one attached hydrogen (secondary N) is 2. The van der Waals surface area contributed by atoms with E-state index in [1.165, 1.54) is 11.8 Å². The minimum atomic E-state index is -0.231. The lowest BCUT2D eigenvalue weighted by Crippen LogP contribution is -2.40. The maximum absolute atomic E-state index is 8.73. The average Bonchev–Trinajstić information content (AvgIpc) is 2.63. The third kappa shape index (κ3) is 2.32. The SMILES string of the molecule is N#CSC1C(N)NNC1c1ccc(Cl)cc1. The molecular formula is C10H11ClN4S. The molecule has 1 aromatic rings. The van der Waals surface area contributed by atoms with Crippen LogP contribution < -0.4 is 16.6 Å². The summed E-state index contributed by atoms with van der Waals surface area (Å²) >= 11 is 7.00. The van der Waals surface area contributed by atoms with Gasteiger partial charge in [-0.2, -0.15) is 5.26 Å². The van der Waals surface area contributed by atoms with E-state index in [2.05, 4.69) is 16.3 Å². The molecule has 0 saturated carbocycles. The average molecular weight is 255 g/mol. The summed E-state index contributed by atoms with van der Waals surface area (Å²) in [4.78, 5) is 0. The van der Waals surface area contributed by atoms with Gasteiger partial charge in [-0.15, -0.1) is 0 Å². The number of benzene rings is 1. The lowest BCUT2D eigenvalue weighted by molar-refractivity contribution is 0.552. The molecule has 0 amide bonds. The number of rotatable bonds is 2. The van der Waals surface area contributed by atoms with Gasteiger partial charge in [-0.05, 0) is 29.5 Å². The summed E-state index contributed by atoms with van der Waals surface area (Å²) < 4.78 is 0. The van der Waals surface area contributed by atoms with Crippen molar-refractivity contribution in [2.75, 3.05) is 0 Å². The number of nitrogens with zero attached hydrogens (tertiary/aromatic N) is 1. The molecule has 1 saturated heterocycles. The molecule has 6 heteroatoms.